The summed E-state index contributed by atoms with van der Waals surface area (Å²) in [6.07, 6.45) is -0.550. The van der Waals surface area contributed by atoms with Crippen LogP contribution in [0.25, 0.3) is 0 Å². The molecule has 0 aliphatic carbocycles. The number of amides is 1. The van der Waals surface area contributed by atoms with Gasteiger partial charge in [-0.3, -0.25) is 14.4 Å². The van der Waals surface area contributed by atoms with Gasteiger partial charge in [0, 0.05) is 29.9 Å². The summed E-state index contributed by atoms with van der Waals surface area (Å²) in [6, 6.07) is 1.49. The van der Waals surface area contributed by atoms with E-state index in [1.807, 2.05) is 0 Å². The molecule has 120 valence electrons. The van der Waals surface area contributed by atoms with Crippen LogP contribution in [0.15, 0.2) is 16.9 Å². The molecule has 1 atom stereocenters. The summed E-state index contributed by atoms with van der Waals surface area (Å²) in [5.74, 6) is -2.98. The van der Waals surface area contributed by atoms with Gasteiger partial charge in [-0.1, -0.05) is 0 Å². The van der Waals surface area contributed by atoms with E-state index in [9.17, 15) is 19.2 Å². The van der Waals surface area contributed by atoms with Gasteiger partial charge in [0.2, 0.25) is 5.91 Å². The molecule has 0 radical (unpaired) electrons. The first-order valence-electron chi connectivity index (χ1n) is 6.62. The Morgan fingerprint density at radius 2 is 1.73 bits per heavy atom. The molecule has 8 nitrogen and oxygen atoms in total. The maximum absolute atomic E-state index is 11.9. The van der Waals surface area contributed by atoms with E-state index in [0.29, 0.717) is 11.4 Å². The molecule has 0 fully saturated rings. The van der Waals surface area contributed by atoms with Crippen molar-refractivity contribution in [2.75, 3.05) is 0 Å². The molecule has 1 amide bonds. The van der Waals surface area contributed by atoms with Crippen LogP contribution in [0, 0.1) is 13.8 Å². The lowest BCUT2D eigenvalue weighted by atomic mass is 10.1. The van der Waals surface area contributed by atoms with E-state index in [2.05, 4.69) is 5.32 Å². The Morgan fingerprint density at radius 3 is 2.18 bits per heavy atom. The van der Waals surface area contributed by atoms with Gasteiger partial charge in [0.05, 0.1) is 0 Å². The summed E-state index contributed by atoms with van der Waals surface area (Å²) >= 11 is 0. The molecule has 1 rings (SSSR count). The third-order valence-electron chi connectivity index (χ3n) is 3.14. The minimum Gasteiger partial charge on any atom is -0.481 e. The molecule has 3 N–H and O–H groups in total. The lowest BCUT2D eigenvalue weighted by Gasteiger charge is -2.17. The molecule has 0 aromatic carbocycles. The van der Waals surface area contributed by atoms with Gasteiger partial charge < -0.3 is 20.1 Å². The van der Waals surface area contributed by atoms with E-state index in [4.69, 9.17) is 10.2 Å². The van der Waals surface area contributed by atoms with Crippen LogP contribution in [-0.4, -0.2) is 38.7 Å². The highest BCUT2D eigenvalue weighted by Crippen LogP contribution is 2.03. The summed E-state index contributed by atoms with van der Waals surface area (Å²) in [7, 11) is 0. The van der Waals surface area contributed by atoms with Gasteiger partial charge in [0.15, 0.2) is 5.43 Å². The molecule has 22 heavy (non-hydrogen) atoms. The van der Waals surface area contributed by atoms with Crippen LogP contribution in [0.4, 0.5) is 0 Å². The average Bonchev–Trinajstić information content (AvgIpc) is 2.38. The second-order valence-electron chi connectivity index (χ2n) is 4.95. The Hall–Kier alpha value is -2.64. The molecule has 0 saturated carbocycles. The molecule has 1 aromatic rings. The lowest BCUT2D eigenvalue weighted by molar-refractivity contribution is -0.143. The van der Waals surface area contributed by atoms with E-state index in [0.717, 1.165) is 0 Å². The number of carboxylic acid groups (broad SMARTS) is 2. The molecule has 0 bridgehead atoms. The van der Waals surface area contributed by atoms with Crippen molar-refractivity contribution in [3.05, 3.63) is 33.7 Å². The fraction of sp³-hybridized carbons (Fsp3) is 0.429. The van der Waals surface area contributed by atoms with Gasteiger partial charge in [0.1, 0.15) is 12.6 Å². The quantitative estimate of drug-likeness (QED) is 0.645. The minimum atomic E-state index is -1.29. The predicted octanol–water partition coefficient (Wildman–Crippen LogP) is -0.101. The van der Waals surface area contributed by atoms with Crippen molar-refractivity contribution in [3.63, 3.8) is 0 Å². The highest BCUT2D eigenvalue weighted by Gasteiger charge is 2.21. The normalized spacial score (nSPS) is 11.7. The highest BCUT2D eigenvalue weighted by atomic mass is 16.4. The molecular formula is C14H18N2O6. The topological polar surface area (TPSA) is 126 Å². The van der Waals surface area contributed by atoms with Crippen molar-refractivity contribution in [2.45, 2.75) is 39.3 Å². The van der Waals surface area contributed by atoms with Crippen LogP contribution in [-0.2, 0) is 20.9 Å². The van der Waals surface area contributed by atoms with Crippen molar-refractivity contribution in [1.29, 1.82) is 0 Å². The third kappa shape index (κ3) is 5.04. The number of hydrogen-bond donors (Lipinski definition) is 3. The molecule has 8 heteroatoms. The van der Waals surface area contributed by atoms with Crippen LogP contribution < -0.4 is 10.7 Å². The van der Waals surface area contributed by atoms with Crippen LogP contribution in [0.2, 0.25) is 0 Å². The number of aromatic nitrogens is 1. The molecule has 1 unspecified atom stereocenters. The smallest absolute Gasteiger partial charge is 0.326 e. The summed E-state index contributed by atoms with van der Waals surface area (Å²) < 4.78 is 1.58. The Bertz CT molecular complexity index is 623. The van der Waals surface area contributed by atoms with Crippen LogP contribution in [0.5, 0.6) is 0 Å². The number of carbonyl (C=O) groups excluding carboxylic acids is 1. The van der Waals surface area contributed by atoms with Gasteiger partial charge in [-0.05, 0) is 20.3 Å². The lowest BCUT2D eigenvalue weighted by Crippen LogP contribution is -2.43. The number of nitrogens with one attached hydrogen (secondary N) is 1. The summed E-state index contributed by atoms with van der Waals surface area (Å²) in [5.41, 5.74) is 0.992. The standard InChI is InChI=1S/C14H18N2O6/c1-8-5-10(17)6-9(2)16(8)7-12(18)15-11(14(21)22)3-4-13(19)20/h5-6,11H,3-4,7H2,1-2H3,(H,15,18)(H,19,20)(H,21,22). The fourth-order valence-corrected chi connectivity index (χ4v) is 2.05. The van der Waals surface area contributed by atoms with Gasteiger partial charge in [-0.25, -0.2) is 4.79 Å². The number of carbonyl (C=O) groups is 3. The summed E-state index contributed by atoms with van der Waals surface area (Å²) in [5, 5.41) is 19.9. The van der Waals surface area contributed by atoms with Crippen molar-refractivity contribution in [3.8, 4) is 0 Å². The largest absolute Gasteiger partial charge is 0.481 e. The zero-order chi connectivity index (χ0) is 16.9. The molecule has 1 heterocycles. The number of rotatable bonds is 7. The van der Waals surface area contributed by atoms with Crippen molar-refractivity contribution in [1.82, 2.24) is 9.88 Å². The number of hydrogen-bond acceptors (Lipinski definition) is 4. The molecule has 0 aliphatic rings. The van der Waals surface area contributed by atoms with E-state index >= 15 is 0 Å². The van der Waals surface area contributed by atoms with Crippen LogP contribution >= 0.6 is 0 Å². The van der Waals surface area contributed by atoms with Gasteiger partial charge in [0.25, 0.3) is 0 Å². The number of aryl methyl sites for hydroxylation is 2. The number of aliphatic carboxylic acids is 2. The summed E-state index contributed by atoms with van der Waals surface area (Å²) in [4.78, 5) is 44.8. The minimum absolute atomic E-state index is 0.144. The highest BCUT2D eigenvalue weighted by molar-refractivity contribution is 5.83. The molecule has 1 aromatic heterocycles. The first kappa shape index (κ1) is 17.4. The zero-order valence-corrected chi connectivity index (χ0v) is 12.3. The Balaban J connectivity index is 2.78. The number of carboxylic acids is 2. The molecule has 0 saturated heterocycles. The molecule has 0 aliphatic heterocycles. The number of nitrogens with zero attached hydrogens (tertiary/aromatic N) is 1. The van der Waals surface area contributed by atoms with E-state index in [1.165, 1.54) is 12.1 Å². The third-order valence-corrected chi connectivity index (χ3v) is 3.14. The number of pyridine rings is 1. The van der Waals surface area contributed by atoms with E-state index < -0.39 is 23.9 Å². The zero-order valence-electron chi connectivity index (χ0n) is 12.3. The van der Waals surface area contributed by atoms with Crippen LogP contribution in [0.1, 0.15) is 24.2 Å². The maximum atomic E-state index is 11.9. The van der Waals surface area contributed by atoms with E-state index in [-0.39, 0.29) is 24.8 Å². The maximum Gasteiger partial charge on any atom is 0.326 e. The van der Waals surface area contributed by atoms with Gasteiger partial charge in [-0.15, -0.1) is 0 Å². The first-order chi connectivity index (χ1) is 10.2. The second-order valence-corrected chi connectivity index (χ2v) is 4.95. The first-order valence-corrected chi connectivity index (χ1v) is 6.62. The van der Waals surface area contributed by atoms with Gasteiger partial charge >= 0.3 is 11.9 Å². The average molecular weight is 310 g/mol. The Labute approximate surface area is 126 Å². The fourth-order valence-electron chi connectivity index (χ4n) is 2.05. The van der Waals surface area contributed by atoms with Crippen molar-refractivity contribution < 1.29 is 24.6 Å². The monoisotopic (exact) mass is 310 g/mol. The Morgan fingerprint density at radius 1 is 1.18 bits per heavy atom. The SMILES string of the molecule is Cc1cc(=O)cc(C)n1CC(=O)NC(CCC(=O)O)C(=O)O. The van der Waals surface area contributed by atoms with E-state index in [1.54, 1.807) is 18.4 Å². The van der Waals surface area contributed by atoms with Crippen molar-refractivity contribution >= 4 is 17.8 Å². The predicted molar refractivity (Wildman–Crippen MR) is 76.6 cm³/mol. The molecule has 0 spiro atoms. The second kappa shape index (κ2) is 7.39. The van der Waals surface area contributed by atoms with Crippen molar-refractivity contribution in [2.24, 2.45) is 0 Å². The van der Waals surface area contributed by atoms with Gasteiger partial charge in [-0.2, -0.15) is 0 Å². The molecular weight excluding hydrogens is 292 g/mol. The Kier molecular flexibility index (Phi) is 5.85. The van der Waals surface area contributed by atoms with Crippen LogP contribution in [0.3, 0.4) is 0 Å². The summed E-state index contributed by atoms with van der Waals surface area (Å²) in [6.45, 7) is 3.19.